The molecule has 0 saturated carbocycles. The van der Waals surface area contributed by atoms with Gasteiger partial charge in [-0.15, -0.1) is 11.3 Å². The second kappa shape index (κ2) is 7.80. The predicted octanol–water partition coefficient (Wildman–Crippen LogP) is 3.04. The standard InChI is InChI=1S/C20H24N2O4S/c1-13(8-9-15-10-11-17(27-15)18(21)23)22-12-16(14-6-4-3-5-7-14)26-20(22,2)19(24)25/h3-7,10-11,13,16H,8-9,12H2,1-2H3,(H2,21,23)(H,24,25)/t13?,16-,20?/m0/s1. The summed E-state index contributed by atoms with van der Waals surface area (Å²) in [5.41, 5.74) is 4.91. The summed E-state index contributed by atoms with van der Waals surface area (Å²) in [6.07, 6.45) is 1.23. The van der Waals surface area contributed by atoms with Crippen LogP contribution in [-0.4, -0.2) is 40.2 Å². The minimum absolute atomic E-state index is 0.000981. The molecule has 1 aliphatic heterocycles. The molecule has 0 spiro atoms. The number of thiophene rings is 1. The van der Waals surface area contributed by atoms with Gasteiger partial charge in [-0.3, -0.25) is 9.69 Å². The molecular weight excluding hydrogens is 364 g/mol. The van der Waals surface area contributed by atoms with Crippen molar-refractivity contribution >= 4 is 23.2 Å². The van der Waals surface area contributed by atoms with Gasteiger partial charge in [0.1, 0.15) is 0 Å². The Kier molecular flexibility index (Phi) is 5.64. The van der Waals surface area contributed by atoms with Gasteiger partial charge in [-0.1, -0.05) is 30.3 Å². The van der Waals surface area contributed by atoms with Crippen LogP contribution in [0.2, 0.25) is 0 Å². The average Bonchev–Trinajstić information content (AvgIpc) is 3.26. The Hall–Kier alpha value is -2.22. The Morgan fingerprint density at radius 3 is 2.63 bits per heavy atom. The molecule has 2 heterocycles. The Bertz CT molecular complexity index is 822. The largest absolute Gasteiger partial charge is 0.478 e. The van der Waals surface area contributed by atoms with Crippen LogP contribution in [0.1, 0.15) is 46.5 Å². The molecule has 3 N–H and O–H groups in total. The monoisotopic (exact) mass is 388 g/mol. The number of amides is 1. The average molecular weight is 388 g/mol. The van der Waals surface area contributed by atoms with E-state index < -0.39 is 17.6 Å². The fraction of sp³-hybridized carbons (Fsp3) is 0.400. The topological polar surface area (TPSA) is 92.9 Å². The van der Waals surface area contributed by atoms with Crippen LogP contribution >= 0.6 is 11.3 Å². The maximum Gasteiger partial charge on any atom is 0.351 e. The van der Waals surface area contributed by atoms with Crippen LogP contribution in [-0.2, 0) is 16.0 Å². The third-order valence-electron chi connectivity index (χ3n) is 5.10. The normalized spacial score (nSPS) is 24.0. The van der Waals surface area contributed by atoms with E-state index in [4.69, 9.17) is 10.5 Å². The summed E-state index contributed by atoms with van der Waals surface area (Å²) in [6.45, 7) is 4.15. The molecule has 7 heteroatoms. The number of benzene rings is 1. The van der Waals surface area contributed by atoms with E-state index in [9.17, 15) is 14.7 Å². The first-order valence-corrected chi connectivity index (χ1v) is 9.74. The van der Waals surface area contributed by atoms with Gasteiger partial charge in [0.05, 0.1) is 11.0 Å². The van der Waals surface area contributed by atoms with Crippen molar-refractivity contribution in [2.45, 2.75) is 44.6 Å². The summed E-state index contributed by atoms with van der Waals surface area (Å²) in [7, 11) is 0. The number of nitrogens with two attached hydrogens (primary N) is 1. The molecule has 1 amide bonds. The Morgan fingerprint density at radius 2 is 2.04 bits per heavy atom. The van der Waals surface area contributed by atoms with E-state index in [1.165, 1.54) is 11.3 Å². The van der Waals surface area contributed by atoms with E-state index in [-0.39, 0.29) is 12.1 Å². The number of nitrogens with zero attached hydrogens (tertiary/aromatic N) is 1. The van der Waals surface area contributed by atoms with Crippen molar-refractivity contribution in [1.29, 1.82) is 0 Å². The zero-order valence-corrected chi connectivity index (χ0v) is 16.2. The molecule has 2 unspecified atom stereocenters. The van der Waals surface area contributed by atoms with Crippen molar-refractivity contribution in [3.8, 4) is 0 Å². The lowest BCUT2D eigenvalue weighted by Crippen LogP contribution is -2.52. The molecule has 0 radical (unpaired) electrons. The van der Waals surface area contributed by atoms with Crippen LogP contribution in [0.3, 0.4) is 0 Å². The molecular formula is C20H24N2O4S. The fourth-order valence-corrected chi connectivity index (χ4v) is 4.38. The first-order valence-electron chi connectivity index (χ1n) is 8.92. The van der Waals surface area contributed by atoms with Gasteiger partial charge in [0.2, 0.25) is 5.72 Å². The summed E-state index contributed by atoms with van der Waals surface area (Å²) >= 11 is 1.39. The van der Waals surface area contributed by atoms with Crippen LogP contribution in [0.4, 0.5) is 0 Å². The van der Waals surface area contributed by atoms with E-state index in [0.717, 1.165) is 23.3 Å². The highest BCUT2D eigenvalue weighted by molar-refractivity contribution is 7.14. The number of carbonyl (C=O) groups is 2. The molecule has 0 bridgehead atoms. The summed E-state index contributed by atoms with van der Waals surface area (Å²) in [4.78, 5) is 26.7. The smallest absolute Gasteiger partial charge is 0.351 e. The number of ether oxygens (including phenoxy) is 1. The SMILES string of the molecule is CC(CCc1ccc(C(N)=O)s1)N1C[C@@H](c2ccccc2)OC1(C)C(=O)O. The number of hydrogen-bond donors (Lipinski definition) is 2. The molecule has 1 saturated heterocycles. The minimum Gasteiger partial charge on any atom is -0.478 e. The lowest BCUT2D eigenvalue weighted by atomic mass is 10.1. The highest BCUT2D eigenvalue weighted by Gasteiger charge is 2.51. The van der Waals surface area contributed by atoms with Gasteiger partial charge in [-0.05, 0) is 44.4 Å². The molecule has 1 aliphatic rings. The highest BCUT2D eigenvalue weighted by Crippen LogP contribution is 2.38. The molecule has 0 aliphatic carbocycles. The maximum atomic E-state index is 12.0. The lowest BCUT2D eigenvalue weighted by molar-refractivity contribution is -0.180. The maximum absolute atomic E-state index is 12.0. The number of rotatable bonds is 7. The van der Waals surface area contributed by atoms with Crippen molar-refractivity contribution in [2.75, 3.05) is 6.54 Å². The van der Waals surface area contributed by atoms with Gasteiger partial charge < -0.3 is 15.6 Å². The zero-order valence-electron chi connectivity index (χ0n) is 15.4. The summed E-state index contributed by atoms with van der Waals surface area (Å²) in [5, 5.41) is 9.79. The molecule has 3 rings (SSSR count). The van der Waals surface area contributed by atoms with E-state index in [1.54, 1.807) is 13.0 Å². The van der Waals surface area contributed by atoms with Crippen LogP contribution in [0, 0.1) is 0 Å². The van der Waals surface area contributed by atoms with E-state index in [2.05, 4.69) is 0 Å². The number of hydrogen-bond acceptors (Lipinski definition) is 5. The molecule has 144 valence electrons. The number of aryl methyl sites for hydroxylation is 1. The van der Waals surface area contributed by atoms with E-state index in [0.29, 0.717) is 11.4 Å². The molecule has 1 fully saturated rings. The zero-order chi connectivity index (χ0) is 19.6. The second-order valence-corrected chi connectivity index (χ2v) is 8.14. The van der Waals surface area contributed by atoms with Crippen molar-refractivity contribution in [1.82, 2.24) is 4.90 Å². The Balaban J connectivity index is 1.71. The number of aliphatic carboxylic acids is 1. The highest BCUT2D eigenvalue weighted by atomic mass is 32.1. The predicted molar refractivity (Wildman–Crippen MR) is 104 cm³/mol. The Labute approximate surface area is 162 Å². The molecule has 2 aromatic rings. The van der Waals surface area contributed by atoms with Gasteiger partial charge in [0.15, 0.2) is 0 Å². The van der Waals surface area contributed by atoms with Crippen molar-refractivity contribution in [2.24, 2.45) is 5.73 Å². The van der Waals surface area contributed by atoms with Crippen LogP contribution in [0.5, 0.6) is 0 Å². The van der Waals surface area contributed by atoms with Gasteiger partial charge in [-0.2, -0.15) is 0 Å². The number of carboxylic acid groups (broad SMARTS) is 1. The van der Waals surface area contributed by atoms with Gasteiger partial charge >= 0.3 is 5.97 Å². The number of carboxylic acids is 1. The number of carbonyl (C=O) groups excluding carboxylic acids is 1. The van der Waals surface area contributed by atoms with Crippen molar-refractivity contribution in [3.63, 3.8) is 0 Å². The van der Waals surface area contributed by atoms with Crippen molar-refractivity contribution < 1.29 is 19.4 Å². The molecule has 1 aromatic carbocycles. The quantitative estimate of drug-likeness (QED) is 0.760. The molecule has 3 atom stereocenters. The fourth-order valence-electron chi connectivity index (χ4n) is 3.50. The van der Waals surface area contributed by atoms with E-state index >= 15 is 0 Å². The molecule has 27 heavy (non-hydrogen) atoms. The third kappa shape index (κ3) is 4.05. The van der Waals surface area contributed by atoms with Crippen molar-refractivity contribution in [3.05, 3.63) is 57.8 Å². The van der Waals surface area contributed by atoms with Gasteiger partial charge in [0.25, 0.3) is 5.91 Å². The van der Waals surface area contributed by atoms with E-state index in [1.807, 2.05) is 48.2 Å². The first-order chi connectivity index (χ1) is 12.8. The minimum atomic E-state index is -1.37. The van der Waals surface area contributed by atoms with Crippen LogP contribution in [0.25, 0.3) is 0 Å². The third-order valence-corrected chi connectivity index (χ3v) is 6.26. The van der Waals surface area contributed by atoms with Gasteiger partial charge in [0, 0.05) is 17.5 Å². The summed E-state index contributed by atoms with van der Waals surface area (Å²) in [5.74, 6) is -1.41. The lowest BCUT2D eigenvalue weighted by Gasteiger charge is -2.34. The molecule has 1 aromatic heterocycles. The summed E-state index contributed by atoms with van der Waals surface area (Å²) < 4.78 is 5.99. The van der Waals surface area contributed by atoms with Crippen LogP contribution < -0.4 is 5.73 Å². The Morgan fingerprint density at radius 1 is 1.33 bits per heavy atom. The summed E-state index contributed by atoms with van der Waals surface area (Å²) in [6, 6.07) is 13.3. The van der Waals surface area contributed by atoms with Gasteiger partial charge in [-0.25, -0.2) is 4.79 Å². The first kappa shape index (κ1) is 19.5. The second-order valence-electron chi connectivity index (χ2n) is 6.98. The van der Waals surface area contributed by atoms with Crippen LogP contribution in [0.15, 0.2) is 42.5 Å². The number of primary amides is 1. The molecule has 6 nitrogen and oxygen atoms in total.